The molecule has 3 amide bonds. The van der Waals surface area contributed by atoms with Crippen LogP contribution in [0.2, 0.25) is 0 Å². The summed E-state index contributed by atoms with van der Waals surface area (Å²) >= 11 is 0. The average molecular weight is 374 g/mol. The summed E-state index contributed by atoms with van der Waals surface area (Å²) in [6.07, 6.45) is 4.27. The Morgan fingerprint density at radius 1 is 1.11 bits per heavy atom. The van der Waals surface area contributed by atoms with Gasteiger partial charge >= 0.3 is 6.03 Å². The van der Waals surface area contributed by atoms with Crippen molar-refractivity contribution in [1.82, 2.24) is 15.1 Å². The number of amides is 3. The van der Waals surface area contributed by atoms with E-state index < -0.39 is 0 Å². The number of carbonyl (C=O) groups excluding carboxylic acids is 2. The van der Waals surface area contributed by atoms with Crippen molar-refractivity contribution >= 4 is 17.6 Å². The number of fused-ring (bicyclic) bond motifs is 1. The lowest BCUT2D eigenvalue weighted by atomic mass is 9.96. The number of urea groups is 1. The number of halogens is 1. The number of anilines is 1. The van der Waals surface area contributed by atoms with Crippen LogP contribution in [0, 0.1) is 11.7 Å². The number of likely N-dealkylation sites (tertiary alicyclic amines) is 2. The van der Waals surface area contributed by atoms with Crippen LogP contribution in [0.5, 0.6) is 0 Å². The maximum Gasteiger partial charge on any atom is 0.320 e. The number of rotatable bonds is 2. The fourth-order valence-electron chi connectivity index (χ4n) is 4.34. The third-order valence-corrected chi connectivity index (χ3v) is 5.90. The van der Waals surface area contributed by atoms with E-state index in [0.29, 0.717) is 31.6 Å². The highest BCUT2D eigenvalue weighted by Crippen LogP contribution is 2.26. The molecule has 146 valence electrons. The lowest BCUT2D eigenvalue weighted by Crippen LogP contribution is -2.48. The quantitative estimate of drug-likeness (QED) is 0.835. The molecule has 1 atom stereocenters. The first-order valence-corrected chi connectivity index (χ1v) is 9.99. The molecule has 2 fully saturated rings. The zero-order valence-electron chi connectivity index (χ0n) is 15.6. The summed E-state index contributed by atoms with van der Waals surface area (Å²) in [5.74, 6) is -0.799. The van der Waals surface area contributed by atoms with E-state index in [2.05, 4.69) is 10.6 Å². The van der Waals surface area contributed by atoms with Gasteiger partial charge in [0.05, 0.1) is 11.6 Å². The van der Waals surface area contributed by atoms with Gasteiger partial charge in [0.15, 0.2) is 0 Å². The van der Waals surface area contributed by atoms with E-state index in [0.717, 1.165) is 50.9 Å². The van der Waals surface area contributed by atoms with Gasteiger partial charge in [-0.15, -0.1) is 0 Å². The van der Waals surface area contributed by atoms with Crippen LogP contribution in [-0.4, -0.2) is 54.5 Å². The zero-order chi connectivity index (χ0) is 18.8. The Morgan fingerprint density at radius 3 is 2.70 bits per heavy atom. The molecule has 0 spiro atoms. The number of hydrogen-bond donors (Lipinski definition) is 2. The second kappa shape index (κ2) is 7.84. The predicted molar refractivity (Wildman–Crippen MR) is 101 cm³/mol. The molecule has 1 unspecified atom stereocenters. The van der Waals surface area contributed by atoms with Crippen molar-refractivity contribution in [2.75, 3.05) is 38.0 Å². The fourth-order valence-corrected chi connectivity index (χ4v) is 4.34. The first kappa shape index (κ1) is 18.2. The molecule has 0 aromatic heterocycles. The second-order valence-electron chi connectivity index (χ2n) is 7.74. The zero-order valence-corrected chi connectivity index (χ0v) is 15.6. The average Bonchev–Trinajstić information content (AvgIpc) is 3.24. The Labute approximate surface area is 159 Å². The molecular formula is C20H27FN4O2. The van der Waals surface area contributed by atoms with Crippen LogP contribution in [0.1, 0.15) is 36.8 Å². The summed E-state index contributed by atoms with van der Waals surface area (Å²) < 4.78 is 14.8. The monoisotopic (exact) mass is 374 g/mol. The third-order valence-electron chi connectivity index (χ3n) is 5.90. The van der Waals surface area contributed by atoms with E-state index in [1.165, 1.54) is 0 Å². The van der Waals surface area contributed by atoms with Crippen LogP contribution < -0.4 is 10.6 Å². The number of carbonyl (C=O) groups is 2. The van der Waals surface area contributed by atoms with Gasteiger partial charge in [-0.25, -0.2) is 9.18 Å². The van der Waals surface area contributed by atoms with Crippen LogP contribution in [-0.2, 0) is 17.8 Å². The van der Waals surface area contributed by atoms with Crippen LogP contribution in [0.4, 0.5) is 14.9 Å². The van der Waals surface area contributed by atoms with Gasteiger partial charge in [-0.3, -0.25) is 4.79 Å². The number of nitrogens with zero attached hydrogens (tertiary/aromatic N) is 2. The molecule has 0 saturated carbocycles. The van der Waals surface area contributed by atoms with Crippen molar-refractivity contribution in [3.05, 3.63) is 29.1 Å². The summed E-state index contributed by atoms with van der Waals surface area (Å²) in [5, 5.41) is 6.00. The van der Waals surface area contributed by atoms with Crippen LogP contribution >= 0.6 is 0 Å². The maximum absolute atomic E-state index is 14.8. The lowest BCUT2D eigenvalue weighted by molar-refractivity contribution is -0.121. The largest absolute Gasteiger partial charge is 0.325 e. The molecule has 7 heteroatoms. The topological polar surface area (TPSA) is 64.7 Å². The third kappa shape index (κ3) is 3.78. The molecule has 3 aliphatic rings. The number of benzene rings is 1. The normalized spacial score (nSPS) is 22.5. The summed E-state index contributed by atoms with van der Waals surface area (Å²) in [5.41, 5.74) is 1.90. The van der Waals surface area contributed by atoms with Crippen molar-refractivity contribution in [3.8, 4) is 0 Å². The molecule has 0 radical (unpaired) electrons. The molecule has 3 heterocycles. The number of hydrogen-bond acceptors (Lipinski definition) is 3. The Kier molecular flexibility index (Phi) is 5.29. The van der Waals surface area contributed by atoms with E-state index in [-0.39, 0.29) is 29.4 Å². The molecule has 1 aromatic rings. The van der Waals surface area contributed by atoms with Gasteiger partial charge in [0.1, 0.15) is 5.82 Å². The highest BCUT2D eigenvalue weighted by Gasteiger charge is 2.32. The van der Waals surface area contributed by atoms with E-state index in [9.17, 15) is 14.0 Å². The predicted octanol–water partition coefficient (Wildman–Crippen LogP) is 2.34. The van der Waals surface area contributed by atoms with E-state index in [1.54, 1.807) is 11.0 Å². The van der Waals surface area contributed by atoms with Gasteiger partial charge in [0.25, 0.3) is 0 Å². The van der Waals surface area contributed by atoms with Gasteiger partial charge in [-0.05, 0) is 55.8 Å². The van der Waals surface area contributed by atoms with Gasteiger partial charge < -0.3 is 20.4 Å². The summed E-state index contributed by atoms with van der Waals surface area (Å²) in [6, 6.07) is 3.57. The minimum atomic E-state index is -0.317. The van der Waals surface area contributed by atoms with Crippen molar-refractivity contribution in [3.63, 3.8) is 0 Å². The van der Waals surface area contributed by atoms with Gasteiger partial charge in [-0.1, -0.05) is 6.07 Å². The fraction of sp³-hybridized carbons (Fsp3) is 0.600. The Bertz CT molecular complexity index is 733. The first-order valence-electron chi connectivity index (χ1n) is 9.99. The van der Waals surface area contributed by atoms with Crippen LogP contribution in [0.3, 0.4) is 0 Å². The smallest absolute Gasteiger partial charge is 0.320 e. The molecule has 0 aliphatic carbocycles. The molecule has 2 N–H and O–H groups in total. The minimum Gasteiger partial charge on any atom is -0.325 e. The summed E-state index contributed by atoms with van der Waals surface area (Å²) in [6.45, 7) is 4.13. The molecular weight excluding hydrogens is 347 g/mol. The highest BCUT2D eigenvalue weighted by molar-refractivity contribution is 5.93. The van der Waals surface area contributed by atoms with Crippen molar-refractivity contribution in [2.45, 2.75) is 38.6 Å². The Morgan fingerprint density at radius 2 is 1.89 bits per heavy atom. The van der Waals surface area contributed by atoms with E-state index >= 15 is 0 Å². The van der Waals surface area contributed by atoms with Crippen molar-refractivity contribution < 1.29 is 14.0 Å². The van der Waals surface area contributed by atoms with Gasteiger partial charge in [0, 0.05) is 32.7 Å². The Balaban J connectivity index is 1.41. The second-order valence-corrected chi connectivity index (χ2v) is 7.74. The number of nitrogens with one attached hydrogen (secondary N) is 2. The van der Waals surface area contributed by atoms with Crippen LogP contribution in [0.25, 0.3) is 0 Å². The highest BCUT2D eigenvalue weighted by atomic mass is 19.1. The van der Waals surface area contributed by atoms with Crippen molar-refractivity contribution in [2.24, 2.45) is 5.92 Å². The summed E-state index contributed by atoms with van der Waals surface area (Å²) in [7, 11) is 0. The molecule has 4 rings (SSSR count). The standard InChI is InChI=1S/C20H27FN4O2/c21-18-16-7-8-22-12-14(16)5-6-17(18)23-19(26)15-4-3-11-25(13-15)20(27)24-9-1-2-10-24/h5-6,15,22H,1-4,7-13H2,(H,23,26). The van der Waals surface area contributed by atoms with Crippen molar-refractivity contribution in [1.29, 1.82) is 0 Å². The molecule has 3 aliphatic heterocycles. The van der Waals surface area contributed by atoms with Crippen LogP contribution in [0.15, 0.2) is 12.1 Å². The first-order chi connectivity index (χ1) is 13.1. The SMILES string of the molecule is O=C(Nc1ccc2c(c1F)CCNC2)C1CCCN(C(=O)N2CCCC2)C1. The minimum absolute atomic E-state index is 0.0393. The number of piperidine rings is 1. The molecule has 27 heavy (non-hydrogen) atoms. The summed E-state index contributed by atoms with van der Waals surface area (Å²) in [4.78, 5) is 29.0. The molecule has 1 aromatic carbocycles. The Hall–Kier alpha value is -2.15. The van der Waals surface area contributed by atoms with E-state index in [1.807, 2.05) is 11.0 Å². The molecule has 0 bridgehead atoms. The van der Waals surface area contributed by atoms with Gasteiger partial charge in [-0.2, -0.15) is 0 Å². The van der Waals surface area contributed by atoms with Gasteiger partial charge in [0.2, 0.25) is 5.91 Å². The molecule has 6 nitrogen and oxygen atoms in total. The molecule has 2 saturated heterocycles. The maximum atomic E-state index is 14.8. The van der Waals surface area contributed by atoms with E-state index in [4.69, 9.17) is 0 Å². The lowest BCUT2D eigenvalue weighted by Gasteiger charge is -2.34.